The molecule has 2 aliphatic rings. The topological polar surface area (TPSA) is 47.9 Å². The molecule has 0 saturated heterocycles. The maximum absolute atomic E-state index is 10.9. The Morgan fingerprint density at radius 3 is 3.00 bits per heavy atom. The van der Waals surface area contributed by atoms with E-state index in [1.807, 2.05) is 12.1 Å². The number of allylic oxidation sites excluding steroid dienone is 1. The van der Waals surface area contributed by atoms with Gasteiger partial charge in [0.25, 0.3) is 0 Å². The van der Waals surface area contributed by atoms with Crippen molar-refractivity contribution in [2.45, 2.75) is 26.2 Å². The largest absolute Gasteiger partial charge is 0.491 e. The van der Waals surface area contributed by atoms with E-state index >= 15 is 0 Å². The predicted molar refractivity (Wildman–Crippen MR) is 71.5 cm³/mol. The van der Waals surface area contributed by atoms with Gasteiger partial charge in [-0.1, -0.05) is 36.3 Å². The van der Waals surface area contributed by atoms with Crippen LogP contribution in [0, 0.1) is 0 Å². The van der Waals surface area contributed by atoms with Gasteiger partial charge < -0.3 is 9.57 Å². The molecule has 1 aliphatic heterocycles. The molecule has 19 heavy (non-hydrogen) atoms. The van der Waals surface area contributed by atoms with Crippen molar-refractivity contribution in [2.75, 3.05) is 6.61 Å². The highest BCUT2D eigenvalue weighted by Crippen LogP contribution is 2.42. The second-order valence-electron chi connectivity index (χ2n) is 4.90. The first-order valence-electron chi connectivity index (χ1n) is 6.37. The number of rotatable bonds is 1. The number of ether oxygens (including phenoxy) is 1. The zero-order chi connectivity index (χ0) is 13.4. The zero-order valence-electron chi connectivity index (χ0n) is 11.0. The molecule has 3 rings (SSSR count). The van der Waals surface area contributed by atoms with E-state index in [0.29, 0.717) is 18.2 Å². The van der Waals surface area contributed by atoms with Gasteiger partial charge in [0.1, 0.15) is 18.1 Å². The van der Waals surface area contributed by atoms with Crippen molar-refractivity contribution in [3.05, 3.63) is 41.2 Å². The number of fused-ring (bicyclic) bond motifs is 2. The van der Waals surface area contributed by atoms with Crippen molar-refractivity contribution in [2.24, 2.45) is 5.16 Å². The normalized spacial score (nSPS) is 22.8. The van der Waals surface area contributed by atoms with Crippen molar-refractivity contribution in [1.82, 2.24) is 0 Å². The van der Waals surface area contributed by atoms with Gasteiger partial charge in [0.2, 0.25) is 0 Å². The van der Waals surface area contributed by atoms with Crippen LogP contribution in [0.3, 0.4) is 0 Å². The molecule has 98 valence electrons. The summed E-state index contributed by atoms with van der Waals surface area (Å²) in [4.78, 5) is 15.6. The van der Waals surface area contributed by atoms with Gasteiger partial charge >= 0.3 is 5.97 Å². The fourth-order valence-corrected chi connectivity index (χ4v) is 2.66. The minimum atomic E-state index is -0.418. The molecule has 1 aliphatic carbocycles. The van der Waals surface area contributed by atoms with Crippen LogP contribution in [0.25, 0.3) is 5.57 Å². The predicted octanol–water partition coefficient (Wildman–Crippen LogP) is 2.85. The third-order valence-corrected chi connectivity index (χ3v) is 3.49. The second kappa shape index (κ2) is 4.53. The van der Waals surface area contributed by atoms with Crippen LogP contribution >= 0.6 is 0 Å². The second-order valence-corrected chi connectivity index (χ2v) is 4.90. The van der Waals surface area contributed by atoms with Crippen molar-refractivity contribution < 1.29 is 14.4 Å². The van der Waals surface area contributed by atoms with Gasteiger partial charge in [0.05, 0.1) is 0 Å². The average Bonchev–Trinajstić information content (AvgIpc) is 2.80. The quantitative estimate of drug-likeness (QED) is 0.574. The van der Waals surface area contributed by atoms with Gasteiger partial charge in [-0.2, -0.15) is 0 Å². The lowest BCUT2D eigenvalue weighted by atomic mass is 9.82. The number of carbonyl (C=O) groups excluding carboxylic acids is 1. The maximum atomic E-state index is 10.9. The van der Waals surface area contributed by atoms with Crippen LogP contribution in [-0.2, 0) is 14.4 Å². The first-order valence-corrected chi connectivity index (χ1v) is 6.37. The summed E-state index contributed by atoms with van der Waals surface area (Å²) in [5.41, 5.74) is 4.13. The van der Waals surface area contributed by atoms with E-state index in [0.717, 1.165) is 23.3 Å². The van der Waals surface area contributed by atoms with Crippen molar-refractivity contribution >= 4 is 17.3 Å². The summed E-state index contributed by atoms with van der Waals surface area (Å²) in [5, 5.41) is 3.92. The Kier molecular flexibility index (Phi) is 2.85. The maximum Gasteiger partial charge on any atom is 0.331 e. The third kappa shape index (κ3) is 2.03. The smallest absolute Gasteiger partial charge is 0.331 e. The number of benzene rings is 1. The monoisotopic (exact) mass is 257 g/mol. The van der Waals surface area contributed by atoms with Crippen molar-refractivity contribution in [3.63, 3.8) is 0 Å². The molecular formula is C15H15NO3. The molecule has 4 heteroatoms. The summed E-state index contributed by atoms with van der Waals surface area (Å²) in [7, 11) is 0. The minimum absolute atomic E-state index is 0.374. The Morgan fingerprint density at radius 2 is 2.21 bits per heavy atom. The number of oxime groups is 1. The Labute approximate surface area is 111 Å². The lowest BCUT2D eigenvalue weighted by Crippen LogP contribution is -2.10. The third-order valence-electron chi connectivity index (χ3n) is 3.49. The Balaban J connectivity index is 2.05. The van der Waals surface area contributed by atoms with Crippen LogP contribution < -0.4 is 0 Å². The van der Waals surface area contributed by atoms with Crippen LogP contribution in [-0.4, -0.2) is 18.3 Å². The van der Waals surface area contributed by atoms with E-state index in [9.17, 15) is 4.79 Å². The fraction of sp³-hybridized carbons (Fsp3) is 0.333. The first-order chi connectivity index (χ1) is 9.16. The van der Waals surface area contributed by atoms with Crippen LogP contribution in [0.4, 0.5) is 0 Å². The summed E-state index contributed by atoms with van der Waals surface area (Å²) >= 11 is 0. The Hall–Kier alpha value is -2.10. The Bertz CT molecular complexity index is 601. The molecule has 0 fully saturated rings. The van der Waals surface area contributed by atoms with E-state index in [-0.39, 0.29) is 0 Å². The van der Waals surface area contributed by atoms with E-state index in [1.165, 1.54) is 12.5 Å². The molecule has 1 aromatic carbocycles. The first kappa shape index (κ1) is 12.0. The molecule has 1 unspecified atom stereocenters. The van der Waals surface area contributed by atoms with Crippen molar-refractivity contribution in [1.29, 1.82) is 0 Å². The number of hydrogen-bond donors (Lipinski definition) is 0. The zero-order valence-corrected chi connectivity index (χ0v) is 11.0. The van der Waals surface area contributed by atoms with Gasteiger partial charge in [-0.05, 0) is 17.0 Å². The molecule has 0 saturated carbocycles. The molecule has 0 radical (unpaired) electrons. The van der Waals surface area contributed by atoms with Gasteiger partial charge in [0, 0.05) is 18.9 Å². The molecule has 1 heterocycles. The molecule has 0 aromatic heterocycles. The van der Waals surface area contributed by atoms with Crippen LogP contribution in [0.2, 0.25) is 0 Å². The molecular weight excluding hydrogens is 242 g/mol. The minimum Gasteiger partial charge on any atom is -0.491 e. The van der Waals surface area contributed by atoms with Crippen molar-refractivity contribution in [3.8, 4) is 0 Å². The molecule has 0 spiro atoms. The standard InChI is InChI=1S/C15H15NO3/c1-9-7-14-15(12-6-4-3-5-11(9)12)13(8-18-14)16-19-10(2)17/h3-6,9H,7-8H2,1-2H3/b16-13+. The molecule has 0 bridgehead atoms. The number of nitrogens with zero attached hydrogens (tertiary/aromatic N) is 1. The highest BCUT2D eigenvalue weighted by Gasteiger charge is 2.32. The molecule has 0 N–H and O–H groups in total. The molecule has 1 atom stereocenters. The van der Waals surface area contributed by atoms with Gasteiger partial charge in [-0.25, -0.2) is 4.79 Å². The molecule has 4 nitrogen and oxygen atoms in total. The molecule has 1 aromatic rings. The highest BCUT2D eigenvalue weighted by molar-refractivity contribution is 6.27. The summed E-state index contributed by atoms with van der Waals surface area (Å²) in [6.45, 7) is 3.90. The SMILES string of the molecule is CC(=O)O/N=C1\COC2=C1c1ccccc1C(C)C2. The van der Waals surface area contributed by atoms with Gasteiger partial charge in [-0.15, -0.1) is 0 Å². The summed E-state index contributed by atoms with van der Waals surface area (Å²) in [6.07, 6.45) is 0.867. The highest BCUT2D eigenvalue weighted by atomic mass is 16.7. The Morgan fingerprint density at radius 1 is 1.42 bits per heavy atom. The van der Waals surface area contributed by atoms with E-state index in [1.54, 1.807) is 0 Å². The number of hydrogen-bond acceptors (Lipinski definition) is 4. The van der Waals surface area contributed by atoms with E-state index in [4.69, 9.17) is 9.57 Å². The summed E-state index contributed by atoms with van der Waals surface area (Å²) in [5.74, 6) is 0.971. The van der Waals surface area contributed by atoms with Gasteiger partial charge in [-0.3, -0.25) is 0 Å². The average molecular weight is 257 g/mol. The van der Waals surface area contributed by atoms with Gasteiger partial charge in [0.15, 0.2) is 0 Å². The summed E-state index contributed by atoms with van der Waals surface area (Å²) in [6, 6.07) is 8.24. The lowest BCUT2D eigenvalue weighted by Gasteiger charge is -2.22. The van der Waals surface area contributed by atoms with E-state index in [2.05, 4.69) is 24.2 Å². The fourth-order valence-electron chi connectivity index (χ4n) is 2.66. The summed E-state index contributed by atoms with van der Waals surface area (Å²) < 4.78 is 5.69. The number of carbonyl (C=O) groups is 1. The van der Waals surface area contributed by atoms with Crippen LogP contribution in [0.15, 0.2) is 35.2 Å². The lowest BCUT2D eigenvalue weighted by molar-refractivity contribution is -0.140. The van der Waals surface area contributed by atoms with Crippen LogP contribution in [0.1, 0.15) is 37.3 Å². The van der Waals surface area contributed by atoms with Crippen LogP contribution in [0.5, 0.6) is 0 Å². The van der Waals surface area contributed by atoms with E-state index < -0.39 is 5.97 Å². The molecule has 0 amide bonds.